The molecule has 3 aromatic rings. The predicted molar refractivity (Wildman–Crippen MR) is 110 cm³/mol. The van der Waals surface area contributed by atoms with Gasteiger partial charge in [-0.15, -0.1) is 0 Å². The van der Waals surface area contributed by atoms with Crippen LogP contribution in [0.25, 0.3) is 10.8 Å². The van der Waals surface area contributed by atoms with E-state index in [4.69, 9.17) is 4.74 Å². The second-order valence-corrected chi connectivity index (χ2v) is 7.03. The summed E-state index contributed by atoms with van der Waals surface area (Å²) in [5.74, 6) is 0.311. The molecule has 1 saturated heterocycles. The molecule has 4 rings (SSSR count). The number of nitrogens with zero attached hydrogens (tertiary/aromatic N) is 2. The Morgan fingerprint density at radius 1 is 0.828 bits per heavy atom. The molecule has 0 spiro atoms. The van der Waals surface area contributed by atoms with Gasteiger partial charge in [-0.1, -0.05) is 30.3 Å². The molecule has 0 radical (unpaired) electrons. The molecule has 148 valence electrons. The second kappa shape index (κ2) is 7.83. The third kappa shape index (κ3) is 3.74. The maximum Gasteiger partial charge on any atom is 0.257 e. The van der Waals surface area contributed by atoms with Crippen LogP contribution in [0, 0.1) is 0 Å². The number of amides is 2. The number of rotatable bonds is 3. The summed E-state index contributed by atoms with van der Waals surface area (Å²) in [4.78, 5) is 29.1. The van der Waals surface area contributed by atoms with Crippen molar-refractivity contribution >= 4 is 22.6 Å². The number of hydrogen-bond acceptors (Lipinski definition) is 4. The van der Waals surface area contributed by atoms with Crippen molar-refractivity contribution in [3.63, 3.8) is 0 Å². The highest BCUT2D eigenvalue weighted by molar-refractivity contribution is 6.01. The maximum atomic E-state index is 12.9. The van der Waals surface area contributed by atoms with Crippen LogP contribution in [-0.2, 0) is 0 Å². The summed E-state index contributed by atoms with van der Waals surface area (Å²) in [7, 11) is 1.57. The number of carbonyl (C=O) groups excluding carboxylic acids is 2. The monoisotopic (exact) mass is 390 g/mol. The zero-order valence-electron chi connectivity index (χ0n) is 16.2. The summed E-state index contributed by atoms with van der Waals surface area (Å²) in [6.45, 7) is 1.72. The van der Waals surface area contributed by atoms with Crippen LogP contribution < -0.4 is 4.74 Å². The third-order valence-corrected chi connectivity index (χ3v) is 5.27. The largest absolute Gasteiger partial charge is 0.507 e. The number of fused-ring (bicyclic) bond motifs is 1. The number of carbonyl (C=O) groups is 2. The van der Waals surface area contributed by atoms with E-state index >= 15 is 0 Å². The Morgan fingerprint density at radius 3 is 2.10 bits per heavy atom. The van der Waals surface area contributed by atoms with Crippen molar-refractivity contribution in [1.29, 1.82) is 0 Å². The number of hydrogen-bond donors (Lipinski definition) is 1. The summed E-state index contributed by atoms with van der Waals surface area (Å²) >= 11 is 0. The Labute approximate surface area is 168 Å². The number of methoxy groups -OCH3 is 1. The number of phenols is 1. The van der Waals surface area contributed by atoms with Crippen molar-refractivity contribution in [1.82, 2.24) is 9.80 Å². The Hall–Kier alpha value is -3.54. The first kappa shape index (κ1) is 18.8. The number of phenolic OH excluding ortho intramolecular Hbond substituents is 1. The minimum Gasteiger partial charge on any atom is -0.507 e. The minimum absolute atomic E-state index is 0.0245. The molecule has 0 aromatic heterocycles. The molecule has 0 unspecified atom stereocenters. The van der Waals surface area contributed by atoms with Crippen LogP contribution in [0.2, 0.25) is 0 Å². The zero-order chi connectivity index (χ0) is 20.4. The lowest BCUT2D eigenvalue weighted by atomic mass is 10.0. The molecule has 0 aliphatic carbocycles. The van der Waals surface area contributed by atoms with E-state index in [-0.39, 0.29) is 23.1 Å². The van der Waals surface area contributed by atoms with Gasteiger partial charge in [-0.2, -0.15) is 0 Å². The molecular formula is C23H22N2O4. The molecule has 0 bridgehead atoms. The molecule has 1 aliphatic heterocycles. The Balaban J connectivity index is 1.46. The highest BCUT2D eigenvalue weighted by Gasteiger charge is 2.27. The van der Waals surface area contributed by atoms with Gasteiger partial charge in [0.2, 0.25) is 0 Å². The van der Waals surface area contributed by atoms with E-state index in [9.17, 15) is 14.7 Å². The lowest BCUT2D eigenvalue weighted by Gasteiger charge is -2.35. The van der Waals surface area contributed by atoms with Crippen LogP contribution in [0.4, 0.5) is 0 Å². The van der Waals surface area contributed by atoms with Crippen LogP contribution >= 0.6 is 0 Å². The van der Waals surface area contributed by atoms with Gasteiger partial charge in [-0.3, -0.25) is 9.59 Å². The Kier molecular flexibility index (Phi) is 5.08. The molecule has 0 atom stereocenters. The van der Waals surface area contributed by atoms with Crippen LogP contribution in [0.5, 0.6) is 11.5 Å². The summed E-state index contributed by atoms with van der Waals surface area (Å²) in [6.07, 6.45) is 0. The van der Waals surface area contributed by atoms with E-state index < -0.39 is 0 Å². The van der Waals surface area contributed by atoms with E-state index in [2.05, 4.69) is 0 Å². The molecule has 0 saturated carbocycles. The third-order valence-electron chi connectivity index (χ3n) is 5.27. The first-order chi connectivity index (χ1) is 14.1. The number of aromatic hydroxyl groups is 1. The Bertz CT molecular complexity index is 1070. The van der Waals surface area contributed by atoms with Gasteiger partial charge in [-0.05, 0) is 41.1 Å². The minimum atomic E-state index is -0.221. The average molecular weight is 390 g/mol. The summed E-state index contributed by atoms with van der Waals surface area (Å²) in [6, 6.07) is 18.0. The first-order valence-corrected chi connectivity index (χ1v) is 9.51. The molecule has 1 aliphatic rings. The average Bonchev–Trinajstić information content (AvgIpc) is 2.77. The highest BCUT2D eigenvalue weighted by atomic mass is 16.5. The van der Waals surface area contributed by atoms with E-state index in [0.29, 0.717) is 37.5 Å². The lowest BCUT2D eigenvalue weighted by Crippen LogP contribution is -2.50. The fourth-order valence-corrected chi connectivity index (χ4v) is 3.62. The molecule has 1 N–H and O–H groups in total. The van der Waals surface area contributed by atoms with Gasteiger partial charge in [0.1, 0.15) is 11.5 Å². The normalized spacial score (nSPS) is 14.1. The molecule has 3 aromatic carbocycles. The Morgan fingerprint density at radius 2 is 1.45 bits per heavy atom. The van der Waals surface area contributed by atoms with Gasteiger partial charge in [0.25, 0.3) is 11.8 Å². The molecule has 6 nitrogen and oxygen atoms in total. The van der Waals surface area contributed by atoms with E-state index in [1.807, 2.05) is 24.3 Å². The quantitative estimate of drug-likeness (QED) is 0.746. The van der Waals surface area contributed by atoms with Gasteiger partial charge in [0.05, 0.1) is 12.7 Å². The van der Waals surface area contributed by atoms with E-state index in [0.717, 1.165) is 10.8 Å². The molecular weight excluding hydrogens is 368 g/mol. The summed E-state index contributed by atoms with van der Waals surface area (Å²) in [5.41, 5.74) is 0.854. The number of ether oxygens (including phenoxy) is 1. The lowest BCUT2D eigenvalue weighted by molar-refractivity contribution is 0.0533. The summed E-state index contributed by atoms with van der Waals surface area (Å²) in [5, 5.41) is 12.1. The van der Waals surface area contributed by atoms with Crippen molar-refractivity contribution < 1.29 is 19.4 Å². The molecule has 1 heterocycles. The number of benzene rings is 3. The van der Waals surface area contributed by atoms with E-state index in [1.54, 1.807) is 53.3 Å². The van der Waals surface area contributed by atoms with Gasteiger partial charge >= 0.3 is 0 Å². The van der Waals surface area contributed by atoms with Crippen LogP contribution in [-0.4, -0.2) is 60.0 Å². The van der Waals surface area contributed by atoms with E-state index in [1.165, 1.54) is 0 Å². The number of piperazine rings is 1. The van der Waals surface area contributed by atoms with Crippen LogP contribution in [0.3, 0.4) is 0 Å². The second-order valence-electron chi connectivity index (χ2n) is 7.03. The predicted octanol–water partition coefficient (Wildman–Crippen LogP) is 3.15. The van der Waals surface area contributed by atoms with Crippen molar-refractivity contribution in [2.75, 3.05) is 33.3 Å². The van der Waals surface area contributed by atoms with Crippen molar-refractivity contribution in [3.05, 3.63) is 71.8 Å². The van der Waals surface area contributed by atoms with Crippen LogP contribution in [0.15, 0.2) is 60.7 Å². The van der Waals surface area contributed by atoms with Gasteiger partial charge < -0.3 is 19.6 Å². The first-order valence-electron chi connectivity index (χ1n) is 9.51. The van der Waals surface area contributed by atoms with Crippen molar-refractivity contribution in [2.24, 2.45) is 0 Å². The molecule has 29 heavy (non-hydrogen) atoms. The zero-order valence-corrected chi connectivity index (χ0v) is 16.2. The molecule has 2 amide bonds. The fraction of sp³-hybridized carbons (Fsp3) is 0.217. The molecule has 1 fully saturated rings. The maximum absolute atomic E-state index is 12.9. The standard InChI is InChI=1S/C23H22N2O4/c1-29-19-8-4-7-18(13-19)22(27)24-9-11-25(12-10-24)23(28)20-14-16-5-2-3-6-17(16)15-21(20)26/h2-8,13-15,26H,9-12H2,1H3. The van der Waals surface area contributed by atoms with Gasteiger partial charge in [0.15, 0.2) is 0 Å². The molecule has 6 heteroatoms. The van der Waals surface area contributed by atoms with Crippen LogP contribution in [0.1, 0.15) is 20.7 Å². The smallest absolute Gasteiger partial charge is 0.257 e. The SMILES string of the molecule is COc1cccc(C(=O)N2CCN(C(=O)c3cc4ccccc4cc3O)CC2)c1. The fourth-order valence-electron chi connectivity index (χ4n) is 3.62. The topological polar surface area (TPSA) is 70.1 Å². The highest BCUT2D eigenvalue weighted by Crippen LogP contribution is 2.26. The summed E-state index contributed by atoms with van der Waals surface area (Å²) < 4.78 is 5.18. The van der Waals surface area contributed by atoms with Crippen molar-refractivity contribution in [3.8, 4) is 11.5 Å². The van der Waals surface area contributed by atoms with Crippen molar-refractivity contribution in [2.45, 2.75) is 0 Å². The van der Waals surface area contributed by atoms with Gasteiger partial charge in [-0.25, -0.2) is 0 Å². The van der Waals surface area contributed by atoms with Gasteiger partial charge in [0, 0.05) is 31.7 Å².